The highest BCUT2D eigenvalue weighted by molar-refractivity contribution is 9.10. The van der Waals surface area contributed by atoms with Crippen LogP contribution in [0.4, 0.5) is 0 Å². The third kappa shape index (κ3) is 6.32. The van der Waals surface area contributed by atoms with Gasteiger partial charge in [-0.05, 0) is 54.5 Å². The van der Waals surface area contributed by atoms with Gasteiger partial charge in [0.25, 0.3) is 5.91 Å². The lowest BCUT2D eigenvalue weighted by atomic mass is 10.1. The Balaban J connectivity index is 1.73. The number of rotatable bonds is 9. The molecule has 0 aromatic heterocycles. The van der Waals surface area contributed by atoms with Gasteiger partial charge in [-0.1, -0.05) is 46.0 Å². The molecule has 0 bridgehead atoms. The first-order valence-electron chi connectivity index (χ1n) is 9.40. The minimum absolute atomic E-state index is 0.00366. The van der Waals surface area contributed by atoms with Crippen LogP contribution in [0.15, 0.2) is 51.8 Å². The number of methoxy groups -OCH3 is 1. The average Bonchev–Trinajstić information content (AvgIpc) is 3.00. The third-order valence-electron chi connectivity index (χ3n) is 4.46. The predicted molar refractivity (Wildman–Crippen MR) is 128 cm³/mol. The Morgan fingerprint density at radius 1 is 1.26 bits per heavy atom. The lowest BCUT2D eigenvalue weighted by molar-refractivity contribution is -0.137. The molecule has 1 amide bonds. The van der Waals surface area contributed by atoms with Gasteiger partial charge in [0, 0.05) is 23.0 Å². The number of thioether (sulfide) groups is 1. The molecular formula is C22H20BrNO5S2. The van der Waals surface area contributed by atoms with Gasteiger partial charge in [-0.25, -0.2) is 0 Å². The summed E-state index contributed by atoms with van der Waals surface area (Å²) >= 11 is 9.91. The first-order valence-corrected chi connectivity index (χ1v) is 11.4. The van der Waals surface area contributed by atoms with Crippen molar-refractivity contribution in [1.29, 1.82) is 0 Å². The molecule has 1 fully saturated rings. The number of hydrogen-bond donors (Lipinski definition) is 1. The summed E-state index contributed by atoms with van der Waals surface area (Å²) in [6, 6.07) is 13.2. The Kier molecular flexibility index (Phi) is 8.11. The van der Waals surface area contributed by atoms with Crippen LogP contribution in [0.2, 0.25) is 0 Å². The van der Waals surface area contributed by atoms with E-state index in [1.807, 2.05) is 42.5 Å². The monoisotopic (exact) mass is 521 g/mol. The van der Waals surface area contributed by atoms with Crippen LogP contribution >= 0.6 is 39.9 Å². The van der Waals surface area contributed by atoms with Gasteiger partial charge in [0.15, 0.2) is 0 Å². The van der Waals surface area contributed by atoms with Gasteiger partial charge in [-0.3, -0.25) is 14.5 Å². The zero-order valence-electron chi connectivity index (χ0n) is 16.7. The number of halogens is 1. The minimum Gasteiger partial charge on any atom is -0.496 e. The average molecular weight is 522 g/mol. The number of carbonyl (C=O) groups excluding carboxylic acids is 1. The second-order valence-corrected chi connectivity index (χ2v) is 9.24. The molecule has 1 N–H and O–H groups in total. The number of amides is 1. The summed E-state index contributed by atoms with van der Waals surface area (Å²) in [6.07, 6.45) is 2.13. The fourth-order valence-corrected chi connectivity index (χ4v) is 4.50. The number of aliphatic carboxylic acids is 1. The quantitative estimate of drug-likeness (QED) is 0.363. The smallest absolute Gasteiger partial charge is 0.303 e. The fraction of sp³-hybridized carbons (Fsp3) is 0.227. The zero-order chi connectivity index (χ0) is 22.4. The standard InChI is InChI=1S/C22H20BrNO5S2/c1-28-18-9-4-14(11-15(18)13-29-17-7-5-16(23)6-8-17)12-19-21(27)24(22(30)31-19)10-2-3-20(25)26/h4-9,11-12H,2-3,10,13H2,1H3,(H,25,26)/b19-12-. The maximum Gasteiger partial charge on any atom is 0.303 e. The summed E-state index contributed by atoms with van der Waals surface area (Å²) in [6.45, 7) is 0.603. The summed E-state index contributed by atoms with van der Waals surface area (Å²) in [7, 11) is 1.60. The maximum absolute atomic E-state index is 12.7. The lowest BCUT2D eigenvalue weighted by Crippen LogP contribution is -2.29. The molecule has 0 spiro atoms. The Labute approximate surface area is 198 Å². The largest absolute Gasteiger partial charge is 0.496 e. The van der Waals surface area contributed by atoms with Crippen molar-refractivity contribution in [1.82, 2.24) is 4.90 Å². The number of carbonyl (C=O) groups is 2. The molecule has 9 heteroatoms. The van der Waals surface area contributed by atoms with Crippen molar-refractivity contribution in [2.24, 2.45) is 0 Å². The fourth-order valence-electron chi connectivity index (χ4n) is 2.93. The van der Waals surface area contributed by atoms with Crippen molar-refractivity contribution in [2.75, 3.05) is 13.7 Å². The van der Waals surface area contributed by atoms with Crippen LogP contribution in [-0.2, 0) is 16.2 Å². The molecule has 0 saturated carbocycles. The number of benzene rings is 2. The minimum atomic E-state index is -0.892. The van der Waals surface area contributed by atoms with Gasteiger partial charge in [-0.15, -0.1) is 0 Å². The van der Waals surface area contributed by atoms with Crippen molar-refractivity contribution < 1.29 is 24.2 Å². The topological polar surface area (TPSA) is 76.1 Å². The van der Waals surface area contributed by atoms with Crippen LogP contribution in [0, 0.1) is 0 Å². The highest BCUT2D eigenvalue weighted by atomic mass is 79.9. The van der Waals surface area contributed by atoms with E-state index < -0.39 is 5.97 Å². The number of carboxylic acids is 1. The third-order valence-corrected chi connectivity index (χ3v) is 6.36. The van der Waals surface area contributed by atoms with Crippen molar-refractivity contribution in [2.45, 2.75) is 19.4 Å². The van der Waals surface area contributed by atoms with Crippen LogP contribution in [0.3, 0.4) is 0 Å². The van der Waals surface area contributed by atoms with Gasteiger partial charge in [0.05, 0.1) is 12.0 Å². The molecule has 1 saturated heterocycles. The number of nitrogens with zero attached hydrogens (tertiary/aromatic N) is 1. The summed E-state index contributed by atoms with van der Waals surface area (Å²) in [5.41, 5.74) is 1.66. The first kappa shape index (κ1) is 23.3. The van der Waals surface area contributed by atoms with E-state index in [0.29, 0.717) is 34.5 Å². The van der Waals surface area contributed by atoms with Gasteiger partial charge in [0.1, 0.15) is 22.4 Å². The molecule has 1 heterocycles. The summed E-state index contributed by atoms with van der Waals surface area (Å²) in [5, 5.41) is 8.79. The van der Waals surface area contributed by atoms with Gasteiger partial charge < -0.3 is 14.6 Å². The van der Waals surface area contributed by atoms with Crippen LogP contribution in [0.5, 0.6) is 11.5 Å². The van der Waals surface area contributed by atoms with Gasteiger partial charge >= 0.3 is 5.97 Å². The molecule has 0 unspecified atom stereocenters. The lowest BCUT2D eigenvalue weighted by Gasteiger charge is -2.13. The predicted octanol–water partition coefficient (Wildman–Crippen LogP) is 5.10. The molecule has 31 heavy (non-hydrogen) atoms. The van der Waals surface area contributed by atoms with Crippen LogP contribution in [0.25, 0.3) is 6.08 Å². The highest BCUT2D eigenvalue weighted by Crippen LogP contribution is 2.33. The molecular weight excluding hydrogens is 502 g/mol. The normalized spacial score (nSPS) is 14.9. The van der Waals surface area contributed by atoms with Crippen molar-refractivity contribution in [3.05, 3.63) is 63.0 Å². The van der Waals surface area contributed by atoms with Crippen LogP contribution < -0.4 is 9.47 Å². The van der Waals surface area contributed by atoms with Gasteiger partial charge in [0.2, 0.25) is 0 Å². The number of hydrogen-bond acceptors (Lipinski definition) is 6. The Morgan fingerprint density at radius 3 is 2.68 bits per heavy atom. The van der Waals surface area contributed by atoms with E-state index in [4.69, 9.17) is 26.8 Å². The molecule has 162 valence electrons. The van der Waals surface area contributed by atoms with E-state index in [1.165, 1.54) is 16.7 Å². The van der Waals surface area contributed by atoms with E-state index in [0.717, 1.165) is 21.3 Å². The molecule has 6 nitrogen and oxygen atoms in total. The van der Waals surface area contributed by atoms with E-state index in [2.05, 4.69) is 15.9 Å². The Morgan fingerprint density at radius 2 is 2.00 bits per heavy atom. The molecule has 1 aliphatic heterocycles. The molecule has 2 aromatic carbocycles. The van der Waals surface area contributed by atoms with Crippen LogP contribution in [-0.4, -0.2) is 39.9 Å². The molecule has 2 aromatic rings. The summed E-state index contributed by atoms with van der Waals surface area (Å²) in [5.74, 6) is 0.328. The van der Waals surface area contributed by atoms with E-state index in [1.54, 1.807) is 13.2 Å². The molecule has 3 rings (SSSR count). The van der Waals surface area contributed by atoms with Crippen molar-refractivity contribution in [3.8, 4) is 11.5 Å². The zero-order valence-corrected chi connectivity index (χ0v) is 19.9. The first-order chi connectivity index (χ1) is 14.9. The van der Waals surface area contributed by atoms with E-state index >= 15 is 0 Å². The number of carboxylic acid groups (broad SMARTS) is 1. The van der Waals surface area contributed by atoms with Crippen molar-refractivity contribution >= 4 is 62.2 Å². The van der Waals surface area contributed by atoms with Crippen molar-refractivity contribution in [3.63, 3.8) is 0 Å². The van der Waals surface area contributed by atoms with Crippen LogP contribution in [0.1, 0.15) is 24.0 Å². The van der Waals surface area contributed by atoms with E-state index in [9.17, 15) is 9.59 Å². The molecule has 0 aliphatic carbocycles. The SMILES string of the molecule is COc1ccc(/C=C2\SC(=S)N(CCCC(=O)O)C2=O)cc1COc1ccc(Br)cc1. The highest BCUT2D eigenvalue weighted by Gasteiger charge is 2.31. The Hall–Kier alpha value is -2.36. The number of thiocarbonyl (C=S) groups is 1. The summed E-state index contributed by atoms with van der Waals surface area (Å²) < 4.78 is 12.7. The molecule has 1 aliphatic rings. The molecule has 0 atom stereocenters. The maximum atomic E-state index is 12.7. The Bertz CT molecular complexity index is 1020. The second kappa shape index (κ2) is 10.8. The molecule has 0 radical (unpaired) electrons. The van der Waals surface area contributed by atoms with Gasteiger partial charge in [-0.2, -0.15) is 0 Å². The van der Waals surface area contributed by atoms with E-state index in [-0.39, 0.29) is 12.3 Å². The second-order valence-electron chi connectivity index (χ2n) is 6.64. The number of ether oxygens (including phenoxy) is 2. The summed E-state index contributed by atoms with van der Waals surface area (Å²) in [4.78, 5) is 25.4.